The van der Waals surface area contributed by atoms with E-state index in [0.29, 0.717) is 11.5 Å². The van der Waals surface area contributed by atoms with Gasteiger partial charge >= 0.3 is 0 Å². The van der Waals surface area contributed by atoms with Crippen molar-refractivity contribution < 1.29 is 9.21 Å². The van der Waals surface area contributed by atoms with Crippen molar-refractivity contribution in [2.45, 2.75) is 31.7 Å². The summed E-state index contributed by atoms with van der Waals surface area (Å²) in [6.45, 7) is 4.12. The van der Waals surface area contributed by atoms with Crippen LogP contribution in [0.3, 0.4) is 0 Å². The zero-order valence-corrected chi connectivity index (χ0v) is 15.8. The molecule has 2 aromatic heterocycles. The minimum Gasteiger partial charge on any atom is -0.463 e. The second kappa shape index (κ2) is 8.31. The van der Waals surface area contributed by atoms with Gasteiger partial charge in [0.1, 0.15) is 5.69 Å². The topological polar surface area (TPSA) is 65.4 Å². The second-order valence-electron chi connectivity index (χ2n) is 7.09. The molecule has 1 N–H and O–H groups in total. The number of nitrogens with zero attached hydrogens (tertiary/aromatic N) is 3. The number of carbonyl (C=O) groups excluding carboxylic acids is 1. The maximum atomic E-state index is 13.2. The van der Waals surface area contributed by atoms with E-state index >= 15 is 0 Å². The van der Waals surface area contributed by atoms with Crippen molar-refractivity contribution in [3.05, 3.63) is 30.2 Å². The molecule has 2 fully saturated rings. The van der Waals surface area contributed by atoms with Crippen LogP contribution in [0.15, 0.2) is 28.9 Å². The predicted molar refractivity (Wildman–Crippen MR) is 103 cm³/mol. The van der Waals surface area contributed by atoms with Gasteiger partial charge in [0.05, 0.1) is 12.3 Å². The van der Waals surface area contributed by atoms with Crippen LogP contribution < -0.4 is 0 Å². The fourth-order valence-corrected chi connectivity index (χ4v) is 4.88. The number of aromatic amines is 1. The van der Waals surface area contributed by atoms with Gasteiger partial charge in [0.25, 0.3) is 5.91 Å². The lowest BCUT2D eigenvalue weighted by Gasteiger charge is -2.35. The molecule has 2 aromatic rings. The molecule has 1 unspecified atom stereocenters. The van der Waals surface area contributed by atoms with Crippen LogP contribution >= 0.6 is 11.8 Å². The Labute approximate surface area is 158 Å². The predicted octanol–water partition coefficient (Wildman–Crippen LogP) is 3.10. The number of likely N-dealkylation sites (tertiary alicyclic amines) is 1. The largest absolute Gasteiger partial charge is 0.463 e. The van der Waals surface area contributed by atoms with E-state index in [1.807, 2.05) is 23.9 Å². The Kier molecular flexibility index (Phi) is 5.65. The van der Waals surface area contributed by atoms with Gasteiger partial charge in [-0.15, -0.1) is 0 Å². The van der Waals surface area contributed by atoms with Crippen LogP contribution in [0.5, 0.6) is 0 Å². The van der Waals surface area contributed by atoms with Crippen molar-refractivity contribution in [3.8, 4) is 11.5 Å². The van der Waals surface area contributed by atoms with Gasteiger partial charge < -0.3 is 14.2 Å². The smallest absolute Gasteiger partial charge is 0.274 e. The zero-order chi connectivity index (χ0) is 17.8. The molecule has 0 aromatic carbocycles. The number of furan rings is 1. The molecule has 2 aliphatic heterocycles. The Bertz CT molecular complexity index is 709. The van der Waals surface area contributed by atoms with Crippen LogP contribution in [-0.4, -0.2) is 69.6 Å². The van der Waals surface area contributed by atoms with Gasteiger partial charge in [-0.1, -0.05) is 6.42 Å². The molecule has 1 atom stereocenters. The van der Waals surface area contributed by atoms with E-state index in [1.165, 1.54) is 19.3 Å². The Balaban J connectivity index is 1.49. The number of H-pyrrole nitrogens is 1. The minimum absolute atomic E-state index is 0.0311. The second-order valence-corrected chi connectivity index (χ2v) is 8.24. The van der Waals surface area contributed by atoms with Gasteiger partial charge in [0, 0.05) is 24.9 Å². The van der Waals surface area contributed by atoms with E-state index in [0.717, 1.165) is 49.8 Å². The molecule has 4 heterocycles. The Morgan fingerprint density at radius 2 is 2.15 bits per heavy atom. The standard InChI is InChI=1S/C19H26N4O2S/c24-19(17-12-16(20-21-17)18-6-4-10-25-18)23-9-5-11-26-14-15(23)13-22-7-2-1-3-8-22/h4,6,10,12,15H,1-3,5,7-9,11,13-14H2,(H,20,21). The molecular weight excluding hydrogens is 348 g/mol. The molecule has 26 heavy (non-hydrogen) atoms. The molecule has 140 valence electrons. The molecule has 0 saturated carbocycles. The molecule has 1 amide bonds. The minimum atomic E-state index is 0.0311. The zero-order valence-electron chi connectivity index (χ0n) is 15.0. The number of aromatic nitrogens is 2. The molecule has 7 heteroatoms. The van der Waals surface area contributed by atoms with Crippen LogP contribution in [0, 0.1) is 0 Å². The number of amides is 1. The van der Waals surface area contributed by atoms with Gasteiger partial charge in [0.2, 0.25) is 0 Å². The van der Waals surface area contributed by atoms with E-state index < -0.39 is 0 Å². The van der Waals surface area contributed by atoms with Crippen molar-refractivity contribution in [3.63, 3.8) is 0 Å². The summed E-state index contributed by atoms with van der Waals surface area (Å²) >= 11 is 1.97. The highest BCUT2D eigenvalue weighted by molar-refractivity contribution is 7.99. The first-order valence-corrected chi connectivity index (χ1v) is 10.7. The Morgan fingerprint density at radius 3 is 2.96 bits per heavy atom. The van der Waals surface area contributed by atoms with Crippen molar-refractivity contribution in [1.82, 2.24) is 20.0 Å². The number of carbonyl (C=O) groups is 1. The lowest BCUT2D eigenvalue weighted by Crippen LogP contribution is -2.49. The van der Waals surface area contributed by atoms with Gasteiger partial charge in [-0.3, -0.25) is 9.89 Å². The summed E-state index contributed by atoms with van der Waals surface area (Å²) in [7, 11) is 0. The molecule has 0 bridgehead atoms. The van der Waals surface area contributed by atoms with Gasteiger partial charge in [-0.25, -0.2) is 0 Å². The Morgan fingerprint density at radius 1 is 1.27 bits per heavy atom. The third-order valence-corrected chi connectivity index (χ3v) is 6.40. The first-order valence-electron chi connectivity index (χ1n) is 9.51. The molecule has 0 aliphatic carbocycles. The lowest BCUT2D eigenvalue weighted by molar-refractivity contribution is 0.0639. The van der Waals surface area contributed by atoms with Crippen molar-refractivity contribution in [2.24, 2.45) is 0 Å². The SMILES string of the molecule is O=C(c1cc(-c2ccco2)[nH]n1)N1CCCSCC1CN1CCCCC1. The van der Waals surface area contributed by atoms with E-state index in [1.54, 1.807) is 12.3 Å². The van der Waals surface area contributed by atoms with Crippen molar-refractivity contribution in [2.75, 3.05) is 37.7 Å². The third kappa shape index (κ3) is 3.99. The molecular formula is C19H26N4O2S. The average Bonchev–Trinajstić information content (AvgIpc) is 3.31. The summed E-state index contributed by atoms with van der Waals surface area (Å²) in [5.41, 5.74) is 1.22. The normalized spacial score (nSPS) is 22.3. The van der Waals surface area contributed by atoms with Gasteiger partial charge in [-0.2, -0.15) is 16.9 Å². The monoisotopic (exact) mass is 374 g/mol. The average molecular weight is 375 g/mol. The van der Waals surface area contributed by atoms with Crippen LogP contribution in [0.2, 0.25) is 0 Å². The third-order valence-electron chi connectivity index (χ3n) is 5.20. The number of hydrogen-bond acceptors (Lipinski definition) is 5. The number of piperidine rings is 1. The first kappa shape index (κ1) is 17.7. The summed E-state index contributed by atoms with van der Waals surface area (Å²) in [6, 6.07) is 5.76. The molecule has 0 spiro atoms. The summed E-state index contributed by atoms with van der Waals surface area (Å²) in [5.74, 6) is 2.87. The maximum absolute atomic E-state index is 13.2. The van der Waals surface area contributed by atoms with E-state index in [2.05, 4.69) is 20.0 Å². The summed E-state index contributed by atoms with van der Waals surface area (Å²) in [4.78, 5) is 17.8. The number of rotatable bonds is 4. The molecule has 0 radical (unpaired) electrons. The fraction of sp³-hybridized carbons (Fsp3) is 0.579. The number of hydrogen-bond donors (Lipinski definition) is 1. The van der Waals surface area contributed by atoms with Crippen LogP contribution in [0.25, 0.3) is 11.5 Å². The van der Waals surface area contributed by atoms with Crippen LogP contribution in [-0.2, 0) is 0 Å². The summed E-state index contributed by atoms with van der Waals surface area (Å²) < 4.78 is 5.39. The van der Waals surface area contributed by atoms with Crippen LogP contribution in [0.4, 0.5) is 0 Å². The first-order chi connectivity index (χ1) is 12.8. The molecule has 6 nitrogen and oxygen atoms in total. The van der Waals surface area contributed by atoms with Crippen LogP contribution in [0.1, 0.15) is 36.2 Å². The fourth-order valence-electron chi connectivity index (χ4n) is 3.82. The molecule has 2 aliphatic rings. The van der Waals surface area contributed by atoms with E-state index in [4.69, 9.17) is 4.42 Å². The highest BCUT2D eigenvalue weighted by Crippen LogP contribution is 2.23. The van der Waals surface area contributed by atoms with E-state index in [-0.39, 0.29) is 11.9 Å². The molecule has 2 saturated heterocycles. The Hall–Kier alpha value is -1.73. The maximum Gasteiger partial charge on any atom is 0.274 e. The number of nitrogens with one attached hydrogen (secondary N) is 1. The summed E-state index contributed by atoms with van der Waals surface area (Å²) in [5, 5.41) is 7.20. The van der Waals surface area contributed by atoms with Crippen molar-refractivity contribution >= 4 is 17.7 Å². The van der Waals surface area contributed by atoms with E-state index in [9.17, 15) is 4.79 Å². The molecule has 4 rings (SSSR count). The highest BCUT2D eigenvalue weighted by Gasteiger charge is 2.30. The lowest BCUT2D eigenvalue weighted by atomic mass is 10.1. The van der Waals surface area contributed by atoms with Gasteiger partial charge in [0.15, 0.2) is 11.5 Å². The quantitative estimate of drug-likeness (QED) is 0.891. The highest BCUT2D eigenvalue weighted by atomic mass is 32.2. The summed E-state index contributed by atoms with van der Waals surface area (Å²) in [6.07, 6.45) is 6.56. The van der Waals surface area contributed by atoms with Crippen molar-refractivity contribution in [1.29, 1.82) is 0 Å². The van der Waals surface area contributed by atoms with Gasteiger partial charge in [-0.05, 0) is 50.2 Å². The number of thioether (sulfide) groups is 1.